The lowest BCUT2D eigenvalue weighted by atomic mass is 10.2. The third kappa shape index (κ3) is 3.35. The molecule has 0 atom stereocenters. The number of nitrogens with zero attached hydrogens (tertiary/aromatic N) is 3. The van der Waals surface area contributed by atoms with Gasteiger partial charge in [-0.3, -0.25) is 4.98 Å². The van der Waals surface area contributed by atoms with E-state index in [2.05, 4.69) is 10.3 Å². The zero-order valence-electron chi connectivity index (χ0n) is 16.1. The molecule has 8 nitrogen and oxygen atoms in total. The topological polar surface area (TPSA) is 95.8 Å². The van der Waals surface area contributed by atoms with Crippen LogP contribution >= 0.6 is 0 Å². The molecule has 0 aliphatic carbocycles. The largest absolute Gasteiger partial charge is 0.464 e. The van der Waals surface area contributed by atoms with E-state index in [0.717, 1.165) is 22.1 Å². The molecule has 0 fully saturated rings. The molecular formula is C21H20N4O4S. The van der Waals surface area contributed by atoms with E-state index in [9.17, 15) is 13.2 Å². The summed E-state index contributed by atoms with van der Waals surface area (Å²) in [7, 11) is -3.61. The molecule has 0 bridgehead atoms. The number of pyridine rings is 1. The van der Waals surface area contributed by atoms with Crippen LogP contribution < -0.4 is 5.32 Å². The summed E-state index contributed by atoms with van der Waals surface area (Å²) in [5.41, 5.74) is 3.58. The van der Waals surface area contributed by atoms with Gasteiger partial charge in [-0.1, -0.05) is 6.07 Å². The summed E-state index contributed by atoms with van der Waals surface area (Å²) in [6.07, 6.45) is 4.94. The maximum Gasteiger partial charge on any atom is 0.318 e. The molecule has 0 saturated heterocycles. The van der Waals surface area contributed by atoms with Gasteiger partial charge >= 0.3 is 6.03 Å². The molecule has 2 amide bonds. The van der Waals surface area contributed by atoms with Crippen molar-refractivity contribution in [3.63, 3.8) is 0 Å². The number of carbonyl (C=O) groups excluding carboxylic acids is 1. The van der Waals surface area contributed by atoms with Gasteiger partial charge in [0.25, 0.3) is 0 Å². The Morgan fingerprint density at radius 2 is 1.90 bits per heavy atom. The quantitative estimate of drug-likeness (QED) is 0.649. The number of urea groups is 1. The minimum atomic E-state index is -3.61. The van der Waals surface area contributed by atoms with E-state index in [1.54, 1.807) is 47.8 Å². The smallest absolute Gasteiger partial charge is 0.318 e. The van der Waals surface area contributed by atoms with Gasteiger partial charge in [0.2, 0.25) is 10.0 Å². The van der Waals surface area contributed by atoms with Crippen molar-refractivity contribution in [1.82, 2.24) is 19.5 Å². The summed E-state index contributed by atoms with van der Waals surface area (Å²) >= 11 is 0. The Hall–Kier alpha value is -3.17. The summed E-state index contributed by atoms with van der Waals surface area (Å²) in [6.45, 7) is 1.92. The molecule has 0 spiro atoms. The van der Waals surface area contributed by atoms with Crippen LogP contribution in [-0.2, 0) is 16.6 Å². The maximum absolute atomic E-state index is 13.1. The SMILES string of the molecule is O=C(NCc1cccnc1)N1CC2=C(C1)CN(S(=O)(=O)c1ccc3occc3c1)C2. The van der Waals surface area contributed by atoms with Crippen LogP contribution in [0, 0.1) is 0 Å². The highest BCUT2D eigenvalue weighted by atomic mass is 32.2. The van der Waals surface area contributed by atoms with Crippen LogP contribution in [-0.4, -0.2) is 54.8 Å². The molecular weight excluding hydrogens is 404 g/mol. The van der Waals surface area contributed by atoms with Gasteiger partial charge in [-0.15, -0.1) is 0 Å². The Kier molecular flexibility index (Phi) is 4.56. The summed E-state index contributed by atoms with van der Waals surface area (Å²) in [5.74, 6) is 0. The van der Waals surface area contributed by atoms with Crippen molar-refractivity contribution in [1.29, 1.82) is 0 Å². The second-order valence-electron chi connectivity index (χ2n) is 7.48. The van der Waals surface area contributed by atoms with Crippen molar-refractivity contribution in [3.05, 3.63) is 71.8 Å². The summed E-state index contributed by atoms with van der Waals surface area (Å²) < 4.78 is 32.9. The number of amides is 2. The molecule has 5 rings (SSSR count). The third-order valence-corrected chi connectivity index (χ3v) is 7.30. The summed E-state index contributed by atoms with van der Waals surface area (Å²) in [6, 6.07) is 10.2. The predicted octanol–water partition coefficient (Wildman–Crippen LogP) is 2.35. The van der Waals surface area contributed by atoms with E-state index in [1.807, 2.05) is 12.1 Å². The average Bonchev–Trinajstić information content (AvgIpc) is 3.46. The van der Waals surface area contributed by atoms with Gasteiger partial charge in [0, 0.05) is 50.5 Å². The maximum atomic E-state index is 13.1. The first-order valence-corrected chi connectivity index (χ1v) is 11.0. The zero-order chi connectivity index (χ0) is 20.7. The van der Waals surface area contributed by atoms with Crippen LogP contribution in [0.15, 0.2) is 75.5 Å². The van der Waals surface area contributed by atoms with E-state index >= 15 is 0 Å². The van der Waals surface area contributed by atoms with Crippen molar-refractivity contribution < 1.29 is 17.6 Å². The summed E-state index contributed by atoms with van der Waals surface area (Å²) in [4.78, 5) is 18.5. The van der Waals surface area contributed by atoms with Crippen molar-refractivity contribution >= 4 is 27.0 Å². The lowest BCUT2D eigenvalue weighted by molar-refractivity contribution is 0.208. The van der Waals surface area contributed by atoms with Crippen LogP contribution in [0.3, 0.4) is 0 Å². The van der Waals surface area contributed by atoms with Crippen LogP contribution in [0.25, 0.3) is 11.0 Å². The number of benzene rings is 1. The molecule has 2 aliphatic rings. The lowest BCUT2D eigenvalue weighted by Crippen LogP contribution is -2.41. The lowest BCUT2D eigenvalue weighted by Gasteiger charge is -2.23. The molecule has 2 aliphatic heterocycles. The van der Waals surface area contributed by atoms with Gasteiger partial charge in [-0.2, -0.15) is 4.31 Å². The molecule has 0 unspecified atom stereocenters. The van der Waals surface area contributed by atoms with Crippen LogP contribution in [0.5, 0.6) is 0 Å². The van der Waals surface area contributed by atoms with E-state index < -0.39 is 10.0 Å². The molecule has 9 heteroatoms. The van der Waals surface area contributed by atoms with E-state index in [0.29, 0.717) is 38.3 Å². The molecule has 0 saturated carbocycles. The van der Waals surface area contributed by atoms with Crippen LogP contribution in [0.2, 0.25) is 0 Å². The van der Waals surface area contributed by atoms with Gasteiger partial charge in [0.1, 0.15) is 5.58 Å². The number of hydrogen-bond acceptors (Lipinski definition) is 5. The number of aromatic nitrogens is 1. The minimum Gasteiger partial charge on any atom is -0.464 e. The van der Waals surface area contributed by atoms with Crippen molar-refractivity contribution in [2.24, 2.45) is 0 Å². The highest BCUT2D eigenvalue weighted by molar-refractivity contribution is 7.89. The van der Waals surface area contributed by atoms with Gasteiger partial charge < -0.3 is 14.6 Å². The van der Waals surface area contributed by atoms with E-state index in [1.165, 1.54) is 4.31 Å². The summed E-state index contributed by atoms with van der Waals surface area (Å²) in [5, 5.41) is 3.65. The Morgan fingerprint density at radius 1 is 1.10 bits per heavy atom. The highest BCUT2D eigenvalue weighted by Gasteiger charge is 2.37. The van der Waals surface area contributed by atoms with Crippen molar-refractivity contribution in [2.75, 3.05) is 26.2 Å². The predicted molar refractivity (Wildman–Crippen MR) is 110 cm³/mol. The van der Waals surface area contributed by atoms with Crippen molar-refractivity contribution in [3.8, 4) is 0 Å². The van der Waals surface area contributed by atoms with E-state index in [-0.39, 0.29) is 10.9 Å². The second kappa shape index (κ2) is 7.26. The van der Waals surface area contributed by atoms with Crippen LogP contribution in [0.4, 0.5) is 4.79 Å². The Morgan fingerprint density at radius 3 is 2.63 bits per heavy atom. The normalized spacial score (nSPS) is 17.0. The minimum absolute atomic E-state index is 0.159. The Balaban J connectivity index is 1.22. The van der Waals surface area contributed by atoms with Crippen LogP contribution in [0.1, 0.15) is 5.56 Å². The van der Waals surface area contributed by atoms with Gasteiger partial charge in [0.05, 0.1) is 11.2 Å². The molecule has 2 aromatic heterocycles. The third-order valence-electron chi connectivity index (χ3n) is 5.51. The zero-order valence-corrected chi connectivity index (χ0v) is 16.9. The fraction of sp³-hybridized carbons (Fsp3) is 0.238. The molecule has 1 N–H and O–H groups in total. The van der Waals surface area contributed by atoms with Gasteiger partial charge in [-0.25, -0.2) is 13.2 Å². The molecule has 154 valence electrons. The first kappa shape index (κ1) is 18.8. The number of sulfonamides is 1. The highest BCUT2D eigenvalue weighted by Crippen LogP contribution is 2.31. The molecule has 30 heavy (non-hydrogen) atoms. The standard InChI is InChI=1S/C21H20N4O4S/c26-21(23-10-15-2-1-6-22-9-15)24-11-17-13-25(14-18(17)12-24)30(27,28)19-3-4-20-16(8-19)5-7-29-20/h1-9H,10-14H2,(H,23,26). The molecule has 1 aromatic carbocycles. The first-order chi connectivity index (χ1) is 14.5. The first-order valence-electron chi connectivity index (χ1n) is 9.59. The van der Waals surface area contributed by atoms with Crippen molar-refractivity contribution in [2.45, 2.75) is 11.4 Å². The molecule has 4 heterocycles. The van der Waals surface area contributed by atoms with Gasteiger partial charge in [-0.05, 0) is 47.0 Å². The monoisotopic (exact) mass is 424 g/mol. The number of carbonyl (C=O) groups is 1. The number of rotatable bonds is 4. The fourth-order valence-corrected chi connectivity index (χ4v) is 5.37. The number of fused-ring (bicyclic) bond motifs is 1. The second-order valence-corrected chi connectivity index (χ2v) is 9.41. The number of furan rings is 1. The molecule has 0 radical (unpaired) electrons. The molecule has 3 aromatic rings. The average molecular weight is 424 g/mol. The van der Waals surface area contributed by atoms with E-state index in [4.69, 9.17) is 4.42 Å². The van der Waals surface area contributed by atoms with Gasteiger partial charge in [0.15, 0.2) is 0 Å². The number of nitrogens with one attached hydrogen (secondary N) is 1. The fourth-order valence-electron chi connectivity index (χ4n) is 3.91. The Labute approximate surface area is 173 Å². The Bertz CT molecular complexity index is 1230. The number of hydrogen-bond donors (Lipinski definition) is 1.